The lowest BCUT2D eigenvalue weighted by atomic mass is 10.1. The Hall–Kier alpha value is -2.09. The van der Waals surface area contributed by atoms with Crippen LogP contribution < -0.4 is 16.9 Å². The number of aliphatic hydroxyl groups is 3. The largest absolute Gasteiger partial charge is 0.462 e. The molecule has 0 aliphatic carbocycles. The van der Waals surface area contributed by atoms with Crippen LogP contribution in [0.25, 0.3) is 0 Å². The van der Waals surface area contributed by atoms with Crippen molar-refractivity contribution in [1.29, 1.82) is 0 Å². The van der Waals surface area contributed by atoms with E-state index in [2.05, 4.69) is 4.98 Å². The van der Waals surface area contributed by atoms with Crippen LogP contribution in [0, 0.1) is 0 Å². The molecule has 5 atom stereocenters. The minimum atomic E-state index is -2.44. The monoisotopic (exact) mass is 347 g/mol. The molecule has 0 radical (unpaired) electrons. The Bertz CT molecular complexity index is 687. The van der Waals surface area contributed by atoms with Gasteiger partial charge in [0.05, 0.1) is 7.98 Å². The predicted molar refractivity (Wildman–Crippen MR) is 75.8 cm³/mol. The molecule has 0 unspecified atom stereocenters. The normalized spacial score (nSPS) is 31.4. The average molecular weight is 347 g/mol. The van der Waals surface area contributed by atoms with Gasteiger partial charge >= 0.3 is 11.7 Å². The highest BCUT2D eigenvalue weighted by atomic mass is 16.6. The van der Waals surface area contributed by atoms with E-state index >= 15 is 0 Å². The Balaban J connectivity index is 2.18. The number of aliphatic hydroxyl groups excluding tert-OH is 3. The van der Waals surface area contributed by atoms with Crippen LogP contribution in [0.15, 0.2) is 17.1 Å². The molecule has 0 aromatic carbocycles. The number of carbonyl (C=O) groups excluding carboxylic acids is 1. The molecule has 1 aromatic heterocycles. The number of rotatable bonds is 6. The van der Waals surface area contributed by atoms with E-state index in [1.54, 1.807) is 5.48 Å². The molecule has 12 heteroatoms. The van der Waals surface area contributed by atoms with Crippen LogP contribution in [0.2, 0.25) is 0 Å². The average Bonchev–Trinajstić information content (AvgIpc) is 2.83. The van der Waals surface area contributed by atoms with Gasteiger partial charge in [0.2, 0.25) is 0 Å². The molecule has 24 heavy (non-hydrogen) atoms. The van der Waals surface area contributed by atoms with E-state index in [0.717, 1.165) is 12.3 Å². The summed E-state index contributed by atoms with van der Waals surface area (Å²) in [7, 11) is 0. The third kappa shape index (κ3) is 3.69. The predicted octanol–water partition coefficient (Wildman–Crippen LogP) is -3.47. The van der Waals surface area contributed by atoms with E-state index in [0.29, 0.717) is 4.57 Å². The van der Waals surface area contributed by atoms with Gasteiger partial charge in [-0.1, -0.05) is 0 Å². The van der Waals surface area contributed by atoms with Gasteiger partial charge in [0.15, 0.2) is 12.0 Å². The molecule has 1 fully saturated rings. The topological polar surface area (TPSA) is 189 Å². The second-order valence-corrected chi connectivity index (χ2v) is 4.93. The van der Waals surface area contributed by atoms with Crippen LogP contribution >= 0.6 is 0 Å². The van der Waals surface area contributed by atoms with Crippen LogP contribution in [-0.2, 0) is 14.3 Å². The van der Waals surface area contributed by atoms with Crippen molar-refractivity contribution in [3.05, 3.63) is 22.7 Å². The van der Waals surface area contributed by atoms with Crippen molar-refractivity contribution in [2.75, 3.05) is 18.7 Å². The minimum absolute atomic E-state index is 0.193. The van der Waals surface area contributed by atoms with Gasteiger partial charge in [-0.2, -0.15) is 4.98 Å². The number of anilines is 1. The Labute approximate surface area is 136 Å². The maximum Gasteiger partial charge on any atom is 0.351 e. The first-order valence-electron chi connectivity index (χ1n) is 7.32. The van der Waals surface area contributed by atoms with Crippen molar-refractivity contribution in [1.82, 2.24) is 9.55 Å². The summed E-state index contributed by atoms with van der Waals surface area (Å²) in [5.41, 5.74) is 5.87. The summed E-state index contributed by atoms with van der Waals surface area (Å²) >= 11 is 0. The maximum absolute atomic E-state index is 11.9. The number of nitrogens with two attached hydrogens (primary N) is 1. The molecule has 134 valence electrons. The fourth-order valence-electron chi connectivity index (χ4n) is 1.95. The first kappa shape index (κ1) is 16.8. The Morgan fingerprint density at radius 1 is 1.58 bits per heavy atom. The summed E-state index contributed by atoms with van der Waals surface area (Å²) in [5, 5.41) is 37.5. The van der Waals surface area contributed by atoms with Gasteiger partial charge in [-0.15, -0.1) is 0 Å². The number of nitrogens with zero attached hydrogens (tertiary/aromatic N) is 2. The third-order valence-electron chi connectivity index (χ3n) is 3.27. The zero-order valence-electron chi connectivity index (χ0n) is 13.3. The summed E-state index contributed by atoms with van der Waals surface area (Å²) < 4.78 is 18.7. The molecule has 7 N–H and O–H groups in total. The maximum atomic E-state index is 11.9. The van der Waals surface area contributed by atoms with Crippen molar-refractivity contribution >= 4 is 11.8 Å². The van der Waals surface area contributed by atoms with Gasteiger partial charge in [0.1, 0.15) is 31.0 Å². The number of esters is 1. The summed E-state index contributed by atoms with van der Waals surface area (Å²) in [6.45, 7) is -1.21. The summed E-state index contributed by atoms with van der Waals surface area (Å²) in [6, 6.07) is -0.150. The van der Waals surface area contributed by atoms with E-state index in [-0.39, 0.29) is 5.82 Å². The van der Waals surface area contributed by atoms with Crippen molar-refractivity contribution in [3.8, 4) is 0 Å². The lowest BCUT2D eigenvalue weighted by Crippen LogP contribution is -2.39. The Morgan fingerprint density at radius 2 is 2.29 bits per heavy atom. The molecule has 0 amide bonds. The molecule has 12 nitrogen and oxygen atoms in total. The second-order valence-electron chi connectivity index (χ2n) is 4.93. The molecular weight excluding hydrogens is 328 g/mol. The Morgan fingerprint density at radius 3 is 2.88 bits per heavy atom. The third-order valence-corrected chi connectivity index (χ3v) is 3.27. The SMILES string of the molecule is [2H][C@@]1(n2ccc(NO)nc2=O)O[C@H](COC(=O)[C@H](N)CO)[C@@H](O)[C@H]1O. The first-order chi connectivity index (χ1) is 11.7. The molecular formula is C12H18N4O8. The Kier molecular flexibility index (Phi) is 5.34. The van der Waals surface area contributed by atoms with Crippen molar-refractivity contribution in [3.63, 3.8) is 0 Å². The van der Waals surface area contributed by atoms with E-state index < -0.39 is 55.4 Å². The van der Waals surface area contributed by atoms with Crippen LogP contribution in [0.5, 0.6) is 0 Å². The highest BCUT2D eigenvalue weighted by Crippen LogP contribution is 2.28. The van der Waals surface area contributed by atoms with E-state index in [9.17, 15) is 19.8 Å². The number of carbonyl (C=O) groups is 1. The fraction of sp³-hybridized carbons (Fsp3) is 0.583. The first-order valence-corrected chi connectivity index (χ1v) is 6.82. The molecule has 0 saturated carbocycles. The molecule has 2 rings (SSSR count). The highest BCUT2D eigenvalue weighted by molar-refractivity contribution is 5.75. The number of nitrogens with one attached hydrogen (secondary N) is 1. The van der Waals surface area contributed by atoms with E-state index in [1.165, 1.54) is 0 Å². The number of hydrogen-bond acceptors (Lipinski definition) is 11. The van der Waals surface area contributed by atoms with Crippen LogP contribution in [-0.4, -0.2) is 73.6 Å². The van der Waals surface area contributed by atoms with Gasteiger partial charge in [0.25, 0.3) is 0 Å². The van der Waals surface area contributed by atoms with Gasteiger partial charge in [-0.05, 0) is 6.07 Å². The van der Waals surface area contributed by atoms with Crippen LogP contribution in [0.3, 0.4) is 0 Å². The molecule has 1 aromatic rings. The van der Waals surface area contributed by atoms with Gasteiger partial charge in [0, 0.05) is 6.20 Å². The fourth-order valence-corrected chi connectivity index (χ4v) is 1.95. The lowest BCUT2D eigenvalue weighted by Gasteiger charge is -2.17. The molecule has 1 aliphatic heterocycles. The number of aromatic nitrogens is 2. The summed E-state index contributed by atoms with van der Waals surface area (Å²) in [4.78, 5) is 26.7. The molecule has 1 aliphatic rings. The quantitative estimate of drug-likeness (QED) is 0.221. The lowest BCUT2D eigenvalue weighted by molar-refractivity contribution is -0.152. The molecule has 2 heterocycles. The van der Waals surface area contributed by atoms with E-state index in [4.69, 9.17) is 26.9 Å². The summed E-state index contributed by atoms with van der Waals surface area (Å²) in [6.07, 6.45) is -6.26. The van der Waals surface area contributed by atoms with Crippen molar-refractivity contribution in [2.24, 2.45) is 5.73 Å². The smallest absolute Gasteiger partial charge is 0.351 e. The van der Waals surface area contributed by atoms with Crippen LogP contribution in [0.4, 0.5) is 5.82 Å². The van der Waals surface area contributed by atoms with E-state index in [1.807, 2.05) is 0 Å². The van der Waals surface area contributed by atoms with Gasteiger partial charge < -0.3 is 30.5 Å². The number of ether oxygens (including phenoxy) is 2. The van der Waals surface area contributed by atoms with Crippen LogP contribution in [0.1, 0.15) is 7.57 Å². The summed E-state index contributed by atoms with van der Waals surface area (Å²) in [5.74, 6) is -1.16. The molecule has 1 saturated heterocycles. The minimum Gasteiger partial charge on any atom is -0.462 e. The molecule has 0 bridgehead atoms. The van der Waals surface area contributed by atoms with Crippen molar-refractivity contribution in [2.45, 2.75) is 30.6 Å². The van der Waals surface area contributed by atoms with Gasteiger partial charge in [-0.3, -0.25) is 20.0 Å². The zero-order valence-corrected chi connectivity index (χ0v) is 12.3. The second kappa shape index (κ2) is 7.65. The number of hydrogen-bond donors (Lipinski definition) is 6. The van der Waals surface area contributed by atoms with Crippen molar-refractivity contribution < 1.29 is 36.2 Å². The molecule has 0 spiro atoms. The standard InChI is InChI=1S/C12H18N4O8/c13-5(3-17)11(20)23-4-6-8(18)9(19)10(24-6)16-2-1-7(15-22)14-12(16)21/h1-2,5-6,8-10,17-19,22H,3-4,13H2,(H,14,15,21)/t5-,6-,8-,9-,10-/m1/s1/i10D. The van der Waals surface area contributed by atoms with Gasteiger partial charge in [-0.25, -0.2) is 4.79 Å². The highest BCUT2D eigenvalue weighted by Gasteiger charge is 2.44. The zero-order chi connectivity index (χ0) is 18.8.